The van der Waals surface area contributed by atoms with Crippen LogP contribution in [0, 0.1) is 6.92 Å². The van der Waals surface area contributed by atoms with Gasteiger partial charge in [-0.1, -0.05) is 0 Å². The smallest absolute Gasteiger partial charge is 0.157 e. The van der Waals surface area contributed by atoms with E-state index in [1.165, 1.54) is 24.8 Å². The zero-order valence-electron chi connectivity index (χ0n) is 11.4. The number of aromatic nitrogens is 3. The van der Waals surface area contributed by atoms with Gasteiger partial charge in [-0.3, -0.25) is 0 Å². The molecule has 1 unspecified atom stereocenters. The first-order valence-electron chi connectivity index (χ1n) is 7.06. The second kappa shape index (κ2) is 5.17. The average Bonchev–Trinajstić information content (AvgIpc) is 2.87. The molecular formula is C14H21N5. The molecule has 5 nitrogen and oxygen atoms in total. The van der Waals surface area contributed by atoms with E-state index in [9.17, 15) is 0 Å². The summed E-state index contributed by atoms with van der Waals surface area (Å²) in [5.41, 5.74) is 7.91. The molecule has 0 aliphatic carbocycles. The Hall–Kier alpha value is -1.62. The highest BCUT2D eigenvalue weighted by Gasteiger charge is 2.24. The summed E-state index contributed by atoms with van der Waals surface area (Å²) in [6.07, 6.45) is 6.43. The average molecular weight is 259 g/mol. The second-order valence-corrected chi connectivity index (χ2v) is 5.34. The van der Waals surface area contributed by atoms with E-state index in [2.05, 4.69) is 34.0 Å². The van der Waals surface area contributed by atoms with E-state index in [1.807, 2.05) is 4.52 Å². The first kappa shape index (κ1) is 12.4. The molecule has 1 aliphatic heterocycles. The van der Waals surface area contributed by atoms with Crippen LogP contribution in [0.25, 0.3) is 5.65 Å². The number of fused-ring (bicyclic) bond motifs is 1. The van der Waals surface area contributed by atoms with Crippen molar-refractivity contribution in [2.45, 2.75) is 38.6 Å². The summed E-state index contributed by atoms with van der Waals surface area (Å²) in [4.78, 5) is 6.77. The maximum Gasteiger partial charge on any atom is 0.157 e. The highest BCUT2D eigenvalue weighted by molar-refractivity contribution is 5.53. The summed E-state index contributed by atoms with van der Waals surface area (Å²) >= 11 is 0. The second-order valence-electron chi connectivity index (χ2n) is 5.34. The van der Waals surface area contributed by atoms with Gasteiger partial charge >= 0.3 is 0 Å². The van der Waals surface area contributed by atoms with E-state index in [0.29, 0.717) is 6.04 Å². The molecule has 2 aromatic heterocycles. The lowest BCUT2D eigenvalue weighted by Gasteiger charge is -2.37. The molecule has 2 N–H and O–H groups in total. The van der Waals surface area contributed by atoms with E-state index >= 15 is 0 Å². The van der Waals surface area contributed by atoms with Crippen LogP contribution < -0.4 is 10.6 Å². The third-order valence-electron chi connectivity index (χ3n) is 3.93. The van der Waals surface area contributed by atoms with E-state index in [1.54, 1.807) is 6.33 Å². The van der Waals surface area contributed by atoms with Gasteiger partial charge in [-0.05, 0) is 56.8 Å². The molecule has 0 radical (unpaired) electrons. The number of nitrogens with two attached hydrogens (primary N) is 1. The van der Waals surface area contributed by atoms with Gasteiger partial charge in [-0.2, -0.15) is 9.61 Å². The van der Waals surface area contributed by atoms with E-state index in [0.717, 1.165) is 31.0 Å². The van der Waals surface area contributed by atoms with Crippen LogP contribution in [0.4, 0.5) is 5.82 Å². The van der Waals surface area contributed by atoms with Crippen molar-refractivity contribution >= 4 is 11.5 Å². The Morgan fingerprint density at radius 2 is 2.26 bits per heavy atom. The predicted molar refractivity (Wildman–Crippen MR) is 76.4 cm³/mol. The van der Waals surface area contributed by atoms with Crippen molar-refractivity contribution in [2.24, 2.45) is 5.73 Å². The Bertz CT molecular complexity index is 560. The van der Waals surface area contributed by atoms with Crippen LogP contribution in [-0.4, -0.2) is 33.7 Å². The number of hydrogen-bond acceptors (Lipinski definition) is 4. The Labute approximate surface area is 113 Å². The summed E-state index contributed by atoms with van der Waals surface area (Å²) in [6, 6.07) is 4.81. The third-order valence-corrected chi connectivity index (χ3v) is 3.93. The Kier molecular flexibility index (Phi) is 3.38. The molecule has 5 heteroatoms. The molecule has 3 rings (SSSR count). The highest BCUT2D eigenvalue weighted by Crippen LogP contribution is 2.27. The molecule has 3 heterocycles. The molecule has 2 aromatic rings. The molecule has 0 amide bonds. The van der Waals surface area contributed by atoms with Gasteiger partial charge in [0.25, 0.3) is 0 Å². The minimum atomic E-state index is 0.535. The fraction of sp³-hybridized carbons (Fsp3) is 0.571. The van der Waals surface area contributed by atoms with Crippen molar-refractivity contribution in [2.75, 3.05) is 18.0 Å². The van der Waals surface area contributed by atoms with E-state index in [4.69, 9.17) is 5.73 Å². The summed E-state index contributed by atoms with van der Waals surface area (Å²) in [7, 11) is 0. The Morgan fingerprint density at radius 1 is 1.37 bits per heavy atom. The van der Waals surface area contributed by atoms with Crippen LogP contribution in [0.5, 0.6) is 0 Å². The molecule has 1 aliphatic rings. The molecule has 0 spiro atoms. The Morgan fingerprint density at radius 3 is 3.11 bits per heavy atom. The molecule has 1 saturated heterocycles. The number of piperidine rings is 1. The molecule has 19 heavy (non-hydrogen) atoms. The molecule has 0 saturated carbocycles. The fourth-order valence-corrected chi connectivity index (χ4v) is 3.03. The first-order valence-corrected chi connectivity index (χ1v) is 7.06. The number of anilines is 1. The maximum atomic E-state index is 5.76. The third kappa shape index (κ3) is 2.30. The topological polar surface area (TPSA) is 59.5 Å². The number of rotatable bonds is 3. The van der Waals surface area contributed by atoms with Crippen LogP contribution in [0.15, 0.2) is 18.5 Å². The molecule has 1 atom stereocenters. The van der Waals surface area contributed by atoms with Crippen molar-refractivity contribution in [1.82, 2.24) is 14.6 Å². The predicted octanol–water partition coefficient (Wildman–Crippen LogP) is 1.75. The fourth-order valence-electron chi connectivity index (χ4n) is 3.03. The minimum absolute atomic E-state index is 0.535. The number of nitrogens with zero attached hydrogens (tertiary/aromatic N) is 4. The first-order chi connectivity index (χ1) is 9.29. The zero-order valence-corrected chi connectivity index (χ0v) is 11.4. The van der Waals surface area contributed by atoms with Gasteiger partial charge in [0.1, 0.15) is 12.1 Å². The van der Waals surface area contributed by atoms with Crippen LogP contribution >= 0.6 is 0 Å². The highest BCUT2D eigenvalue weighted by atomic mass is 15.4. The van der Waals surface area contributed by atoms with Gasteiger partial charge in [0.2, 0.25) is 0 Å². The lowest BCUT2D eigenvalue weighted by atomic mass is 9.99. The SMILES string of the molecule is Cc1cc(N2CCCCC2CCN)n2ncnc2c1. The normalized spacial score (nSPS) is 20.1. The molecular weight excluding hydrogens is 238 g/mol. The van der Waals surface area contributed by atoms with Crippen molar-refractivity contribution in [3.8, 4) is 0 Å². The Balaban J connectivity index is 2.03. The van der Waals surface area contributed by atoms with E-state index in [-0.39, 0.29) is 0 Å². The molecule has 0 aromatic carbocycles. The van der Waals surface area contributed by atoms with Gasteiger partial charge in [-0.15, -0.1) is 0 Å². The van der Waals surface area contributed by atoms with Gasteiger partial charge in [0, 0.05) is 12.6 Å². The number of pyridine rings is 1. The summed E-state index contributed by atoms with van der Waals surface area (Å²) in [5.74, 6) is 1.16. The number of hydrogen-bond donors (Lipinski definition) is 1. The van der Waals surface area contributed by atoms with Crippen LogP contribution in [0.3, 0.4) is 0 Å². The molecule has 0 bridgehead atoms. The summed E-state index contributed by atoms with van der Waals surface area (Å²) in [6.45, 7) is 3.94. The largest absolute Gasteiger partial charge is 0.353 e. The quantitative estimate of drug-likeness (QED) is 0.912. The monoisotopic (exact) mass is 259 g/mol. The lowest BCUT2D eigenvalue weighted by molar-refractivity contribution is 0.436. The van der Waals surface area contributed by atoms with Gasteiger partial charge < -0.3 is 10.6 Å². The van der Waals surface area contributed by atoms with Gasteiger partial charge in [0.15, 0.2) is 5.65 Å². The van der Waals surface area contributed by atoms with Crippen molar-refractivity contribution < 1.29 is 0 Å². The van der Waals surface area contributed by atoms with Crippen LogP contribution in [0.2, 0.25) is 0 Å². The van der Waals surface area contributed by atoms with Gasteiger partial charge in [-0.25, -0.2) is 4.98 Å². The van der Waals surface area contributed by atoms with Crippen LogP contribution in [0.1, 0.15) is 31.2 Å². The summed E-state index contributed by atoms with van der Waals surface area (Å²) in [5, 5.41) is 4.36. The van der Waals surface area contributed by atoms with Crippen LogP contribution in [-0.2, 0) is 0 Å². The van der Waals surface area contributed by atoms with Crippen molar-refractivity contribution in [3.63, 3.8) is 0 Å². The molecule has 102 valence electrons. The van der Waals surface area contributed by atoms with E-state index < -0.39 is 0 Å². The maximum absolute atomic E-state index is 5.76. The molecule has 1 fully saturated rings. The minimum Gasteiger partial charge on any atom is -0.353 e. The summed E-state index contributed by atoms with van der Waals surface area (Å²) < 4.78 is 1.95. The zero-order chi connectivity index (χ0) is 13.2. The van der Waals surface area contributed by atoms with Crippen molar-refractivity contribution in [1.29, 1.82) is 0 Å². The van der Waals surface area contributed by atoms with Crippen molar-refractivity contribution in [3.05, 3.63) is 24.0 Å². The van der Waals surface area contributed by atoms with Gasteiger partial charge in [0.05, 0.1) is 0 Å². The number of aryl methyl sites for hydroxylation is 1. The standard InChI is InChI=1S/C14H21N5/c1-11-8-13-16-10-17-19(13)14(9-11)18-7-3-2-4-12(18)5-6-15/h8-10,12H,2-7,15H2,1H3. The lowest BCUT2D eigenvalue weighted by Crippen LogP contribution is -2.41.